The first-order valence-electron chi connectivity index (χ1n) is 8.06. The van der Waals surface area contributed by atoms with Crippen molar-refractivity contribution < 1.29 is 23.8 Å². The molecule has 0 radical (unpaired) electrons. The summed E-state index contributed by atoms with van der Waals surface area (Å²) in [6.45, 7) is 3.30. The van der Waals surface area contributed by atoms with Crippen molar-refractivity contribution >= 4 is 23.8 Å². The van der Waals surface area contributed by atoms with E-state index in [0.29, 0.717) is 22.6 Å². The van der Waals surface area contributed by atoms with Gasteiger partial charge < -0.3 is 14.2 Å². The molecule has 1 aliphatic heterocycles. The number of cyclic esters (lactones) is 1. The first-order valence-corrected chi connectivity index (χ1v) is 8.06. The molecule has 3 rings (SSSR count). The van der Waals surface area contributed by atoms with E-state index in [1.807, 2.05) is 31.2 Å². The van der Waals surface area contributed by atoms with Crippen LogP contribution >= 0.6 is 0 Å². The molecule has 0 aliphatic carbocycles. The van der Waals surface area contributed by atoms with Gasteiger partial charge in [0.15, 0.2) is 11.5 Å². The molecule has 0 N–H and O–H groups in total. The highest BCUT2D eigenvalue weighted by Crippen LogP contribution is 2.35. The van der Waals surface area contributed by atoms with Gasteiger partial charge in [0, 0.05) is 18.1 Å². The largest absolute Gasteiger partial charge is 0.493 e. The highest BCUT2D eigenvalue weighted by molar-refractivity contribution is 6.05. The number of aryl methyl sites for hydroxylation is 1. The number of hydrogen-bond acceptors (Lipinski definition) is 5. The summed E-state index contributed by atoms with van der Waals surface area (Å²) in [5.74, 6) is 0.220. The third kappa shape index (κ3) is 3.67. The van der Waals surface area contributed by atoms with E-state index in [1.165, 1.54) is 14.0 Å². The highest BCUT2D eigenvalue weighted by atomic mass is 16.6. The maximum atomic E-state index is 12.2. The molecule has 0 saturated heterocycles. The van der Waals surface area contributed by atoms with Crippen LogP contribution in [0.4, 0.5) is 0 Å². The summed E-state index contributed by atoms with van der Waals surface area (Å²) in [6.07, 6.45) is 3.29. The number of methoxy groups -OCH3 is 1. The number of para-hydroxylation sites is 1. The van der Waals surface area contributed by atoms with Crippen molar-refractivity contribution in [1.82, 2.24) is 0 Å². The Morgan fingerprint density at radius 2 is 1.85 bits per heavy atom. The number of carbonyl (C=O) groups excluding carboxylic acids is 2. The third-order valence-corrected chi connectivity index (χ3v) is 3.85. The van der Waals surface area contributed by atoms with Crippen LogP contribution < -0.4 is 9.47 Å². The molecule has 0 aromatic heterocycles. The number of carbonyl (C=O) groups is 2. The smallest absolute Gasteiger partial charge is 0.343 e. The van der Waals surface area contributed by atoms with Gasteiger partial charge in [0.2, 0.25) is 0 Å². The van der Waals surface area contributed by atoms with Crippen molar-refractivity contribution in [3.63, 3.8) is 0 Å². The molecule has 0 atom stereocenters. The lowest BCUT2D eigenvalue weighted by atomic mass is 10.1. The molecule has 0 saturated carbocycles. The monoisotopic (exact) mass is 350 g/mol. The Hall–Kier alpha value is -3.34. The summed E-state index contributed by atoms with van der Waals surface area (Å²) in [7, 11) is 1.48. The molecule has 1 heterocycles. The maximum Gasteiger partial charge on any atom is 0.343 e. The van der Waals surface area contributed by atoms with Gasteiger partial charge in [-0.1, -0.05) is 42.0 Å². The second-order valence-corrected chi connectivity index (χ2v) is 5.84. The van der Waals surface area contributed by atoms with Crippen LogP contribution in [0, 0.1) is 6.92 Å². The van der Waals surface area contributed by atoms with Crippen LogP contribution in [-0.4, -0.2) is 19.0 Å². The minimum absolute atomic E-state index is 0.264. The molecule has 0 unspecified atom stereocenters. The minimum Gasteiger partial charge on any atom is -0.493 e. The average molecular weight is 350 g/mol. The standard InChI is InChI=1S/C21H18O5/c1-13-7-9-15(10-8-13)19-12-17(21(23)26-19)11-16-5-4-6-18(24-3)20(16)25-14(2)22/h4-12H,1-3H3/b17-11+. The van der Waals surface area contributed by atoms with Gasteiger partial charge >= 0.3 is 11.9 Å². The molecule has 5 nitrogen and oxygen atoms in total. The predicted octanol–water partition coefficient (Wildman–Crippen LogP) is 3.91. The van der Waals surface area contributed by atoms with E-state index in [1.54, 1.807) is 30.4 Å². The van der Waals surface area contributed by atoms with Crippen LogP contribution in [0.25, 0.3) is 11.8 Å². The summed E-state index contributed by atoms with van der Waals surface area (Å²) in [5, 5.41) is 0. The molecule has 0 bridgehead atoms. The van der Waals surface area contributed by atoms with Crippen LogP contribution in [0.15, 0.2) is 54.1 Å². The maximum absolute atomic E-state index is 12.2. The van der Waals surface area contributed by atoms with Crippen LogP contribution in [0.5, 0.6) is 11.5 Å². The van der Waals surface area contributed by atoms with Gasteiger partial charge in [0.1, 0.15) is 5.76 Å². The van der Waals surface area contributed by atoms with Crippen molar-refractivity contribution in [1.29, 1.82) is 0 Å². The number of rotatable bonds is 4. The Balaban J connectivity index is 2.00. The van der Waals surface area contributed by atoms with Gasteiger partial charge in [0.05, 0.1) is 12.7 Å². The zero-order valence-electron chi connectivity index (χ0n) is 14.7. The molecular weight excluding hydrogens is 332 g/mol. The number of hydrogen-bond donors (Lipinski definition) is 0. The van der Waals surface area contributed by atoms with Crippen LogP contribution in [0.3, 0.4) is 0 Å². The Bertz CT molecular complexity index is 920. The fraction of sp³-hybridized carbons (Fsp3) is 0.143. The van der Waals surface area contributed by atoms with Crippen LogP contribution in [0.2, 0.25) is 0 Å². The van der Waals surface area contributed by atoms with E-state index in [-0.39, 0.29) is 5.75 Å². The molecule has 26 heavy (non-hydrogen) atoms. The van der Waals surface area contributed by atoms with Crippen LogP contribution in [0.1, 0.15) is 23.6 Å². The van der Waals surface area contributed by atoms with Gasteiger partial charge in [-0.15, -0.1) is 0 Å². The summed E-state index contributed by atoms with van der Waals surface area (Å²) in [5.41, 5.74) is 2.85. The molecule has 132 valence electrons. The quantitative estimate of drug-likeness (QED) is 0.475. The highest BCUT2D eigenvalue weighted by Gasteiger charge is 2.23. The lowest BCUT2D eigenvalue weighted by Crippen LogP contribution is -2.05. The fourth-order valence-corrected chi connectivity index (χ4v) is 2.58. The van der Waals surface area contributed by atoms with Crippen molar-refractivity contribution in [3.05, 3.63) is 70.8 Å². The van der Waals surface area contributed by atoms with Crippen molar-refractivity contribution in [2.45, 2.75) is 13.8 Å². The second-order valence-electron chi connectivity index (χ2n) is 5.84. The molecular formula is C21H18O5. The number of benzene rings is 2. The van der Waals surface area contributed by atoms with Crippen molar-refractivity contribution in [2.75, 3.05) is 7.11 Å². The van der Waals surface area contributed by atoms with E-state index in [0.717, 1.165) is 11.1 Å². The molecule has 0 fully saturated rings. The lowest BCUT2D eigenvalue weighted by Gasteiger charge is -2.10. The summed E-state index contributed by atoms with van der Waals surface area (Å²) < 4.78 is 15.9. The first-order chi connectivity index (χ1) is 12.5. The molecule has 1 aliphatic rings. The Labute approximate surface area is 151 Å². The van der Waals surface area contributed by atoms with Gasteiger partial charge in [-0.2, -0.15) is 0 Å². The average Bonchev–Trinajstić information content (AvgIpc) is 2.97. The molecule has 5 heteroatoms. The zero-order valence-corrected chi connectivity index (χ0v) is 14.7. The van der Waals surface area contributed by atoms with E-state index < -0.39 is 11.9 Å². The molecule has 2 aromatic rings. The zero-order chi connectivity index (χ0) is 18.7. The van der Waals surface area contributed by atoms with Gasteiger partial charge in [-0.3, -0.25) is 4.79 Å². The number of ether oxygens (including phenoxy) is 3. The topological polar surface area (TPSA) is 61.8 Å². The summed E-state index contributed by atoms with van der Waals surface area (Å²) >= 11 is 0. The van der Waals surface area contributed by atoms with Crippen molar-refractivity contribution in [2.24, 2.45) is 0 Å². The lowest BCUT2D eigenvalue weighted by molar-refractivity contribution is -0.132. The van der Waals surface area contributed by atoms with Gasteiger partial charge in [-0.25, -0.2) is 4.79 Å². The second kappa shape index (κ2) is 7.27. The molecule has 2 aromatic carbocycles. The SMILES string of the molecule is COc1cccc(/C=C2\C=C(c3ccc(C)cc3)OC2=O)c1OC(C)=O. The molecule has 0 spiro atoms. The van der Waals surface area contributed by atoms with Gasteiger partial charge in [-0.05, 0) is 25.1 Å². The first kappa shape index (κ1) is 17.5. The Morgan fingerprint density at radius 3 is 2.50 bits per heavy atom. The van der Waals surface area contributed by atoms with E-state index in [2.05, 4.69) is 0 Å². The van der Waals surface area contributed by atoms with Crippen molar-refractivity contribution in [3.8, 4) is 11.5 Å². The van der Waals surface area contributed by atoms with E-state index in [4.69, 9.17) is 14.2 Å². The predicted molar refractivity (Wildman–Crippen MR) is 97.5 cm³/mol. The third-order valence-electron chi connectivity index (χ3n) is 3.85. The number of esters is 2. The fourth-order valence-electron chi connectivity index (χ4n) is 2.58. The van der Waals surface area contributed by atoms with Crippen LogP contribution in [-0.2, 0) is 14.3 Å². The Kier molecular flexibility index (Phi) is 4.89. The van der Waals surface area contributed by atoms with Gasteiger partial charge in [0.25, 0.3) is 0 Å². The van der Waals surface area contributed by atoms with E-state index in [9.17, 15) is 9.59 Å². The summed E-state index contributed by atoms with van der Waals surface area (Å²) in [4.78, 5) is 23.6. The minimum atomic E-state index is -0.473. The molecule has 0 amide bonds. The summed E-state index contributed by atoms with van der Waals surface area (Å²) in [6, 6.07) is 12.9. The normalized spacial score (nSPS) is 14.8. The van der Waals surface area contributed by atoms with E-state index >= 15 is 0 Å². The Morgan fingerprint density at radius 1 is 1.12 bits per heavy atom.